The molecule has 0 N–H and O–H groups in total. The molecule has 3 aromatic carbocycles. The van der Waals surface area contributed by atoms with E-state index in [2.05, 4.69) is 23.1 Å². The van der Waals surface area contributed by atoms with E-state index < -0.39 is 0 Å². The van der Waals surface area contributed by atoms with Crippen molar-refractivity contribution in [1.82, 2.24) is 0 Å². The first-order valence-electron chi connectivity index (χ1n) is 7.25. The van der Waals surface area contributed by atoms with Crippen LogP contribution < -0.4 is 4.90 Å². The van der Waals surface area contributed by atoms with Crippen LogP contribution in [0.1, 0.15) is 11.1 Å². The molecule has 4 rings (SSSR count). The summed E-state index contributed by atoms with van der Waals surface area (Å²) in [4.78, 5) is 2.10. The molecule has 0 spiro atoms. The molecule has 0 amide bonds. The van der Waals surface area contributed by atoms with Crippen LogP contribution in [0.5, 0.6) is 0 Å². The molecule has 1 aliphatic rings. The molecule has 106 valence electrons. The molecule has 3 aromatic rings. The fraction of sp³-hybridized carbons (Fsp3) is 0. The minimum Gasteiger partial charge on any atom is -0.309 e. The average Bonchev–Trinajstić information content (AvgIpc) is 2.72. The summed E-state index contributed by atoms with van der Waals surface area (Å²) in [5.41, 5.74) is 5.04. The maximum atomic E-state index is 13.8. The number of rotatable bonds is 1. The van der Waals surface area contributed by atoms with Gasteiger partial charge in [-0.1, -0.05) is 48.6 Å². The zero-order chi connectivity index (χ0) is 14.9. The van der Waals surface area contributed by atoms with Crippen LogP contribution in [0.3, 0.4) is 0 Å². The van der Waals surface area contributed by atoms with Crippen molar-refractivity contribution in [2.24, 2.45) is 0 Å². The quantitative estimate of drug-likeness (QED) is 0.429. The average molecular weight is 287 g/mol. The first kappa shape index (κ1) is 12.8. The Balaban J connectivity index is 2.03. The summed E-state index contributed by atoms with van der Waals surface area (Å²) in [7, 11) is 0. The number of halogens is 1. The van der Waals surface area contributed by atoms with Crippen LogP contribution in [0.15, 0.2) is 72.8 Å². The van der Waals surface area contributed by atoms with Crippen molar-refractivity contribution in [1.29, 1.82) is 0 Å². The van der Waals surface area contributed by atoms with Crippen LogP contribution in [0.2, 0.25) is 0 Å². The molecular weight excluding hydrogens is 273 g/mol. The van der Waals surface area contributed by atoms with Crippen LogP contribution in [0, 0.1) is 5.82 Å². The molecule has 0 bridgehead atoms. The molecule has 0 unspecified atom stereocenters. The minimum absolute atomic E-state index is 0.229. The first-order chi connectivity index (χ1) is 10.8. The Morgan fingerprint density at radius 1 is 0.636 bits per heavy atom. The van der Waals surface area contributed by atoms with Crippen molar-refractivity contribution < 1.29 is 4.39 Å². The molecule has 0 atom stereocenters. The van der Waals surface area contributed by atoms with Gasteiger partial charge in [-0.3, -0.25) is 0 Å². The molecule has 0 aliphatic carbocycles. The Kier molecular flexibility index (Phi) is 3.01. The molecule has 0 saturated carbocycles. The van der Waals surface area contributed by atoms with E-state index in [1.54, 1.807) is 6.07 Å². The van der Waals surface area contributed by atoms with E-state index in [-0.39, 0.29) is 5.82 Å². The molecular formula is C20H14FN. The second kappa shape index (κ2) is 5.15. The SMILES string of the molecule is Fc1ccc2c(c1)N(c1ccccc1)c1ccccc1C=C2. The Morgan fingerprint density at radius 2 is 1.32 bits per heavy atom. The van der Waals surface area contributed by atoms with Gasteiger partial charge in [-0.2, -0.15) is 0 Å². The van der Waals surface area contributed by atoms with E-state index in [9.17, 15) is 4.39 Å². The lowest BCUT2D eigenvalue weighted by Gasteiger charge is -2.27. The zero-order valence-electron chi connectivity index (χ0n) is 11.9. The van der Waals surface area contributed by atoms with Gasteiger partial charge >= 0.3 is 0 Å². The van der Waals surface area contributed by atoms with Gasteiger partial charge in [-0.05, 0) is 47.5 Å². The summed E-state index contributed by atoms with van der Waals surface area (Å²) in [6.07, 6.45) is 4.12. The molecule has 1 aliphatic heterocycles. The van der Waals surface area contributed by atoms with E-state index in [4.69, 9.17) is 0 Å². The molecule has 2 heteroatoms. The smallest absolute Gasteiger partial charge is 0.125 e. The van der Waals surface area contributed by atoms with Gasteiger partial charge in [0.2, 0.25) is 0 Å². The van der Waals surface area contributed by atoms with E-state index in [0.717, 1.165) is 28.2 Å². The summed E-state index contributed by atoms with van der Waals surface area (Å²) in [6.45, 7) is 0. The van der Waals surface area contributed by atoms with Crippen LogP contribution in [0.25, 0.3) is 12.2 Å². The molecule has 0 radical (unpaired) electrons. The molecule has 1 nitrogen and oxygen atoms in total. The number of nitrogens with zero attached hydrogens (tertiary/aromatic N) is 1. The number of hydrogen-bond acceptors (Lipinski definition) is 1. The lowest BCUT2D eigenvalue weighted by atomic mass is 10.1. The Bertz CT molecular complexity index is 853. The lowest BCUT2D eigenvalue weighted by molar-refractivity contribution is 0.628. The van der Waals surface area contributed by atoms with E-state index in [0.29, 0.717) is 0 Å². The van der Waals surface area contributed by atoms with Gasteiger partial charge in [0.05, 0.1) is 11.4 Å². The predicted octanol–water partition coefficient (Wildman–Crippen LogP) is 5.78. The maximum Gasteiger partial charge on any atom is 0.125 e. The third-order valence-corrected chi connectivity index (χ3v) is 3.87. The Labute approximate surface area is 129 Å². The van der Waals surface area contributed by atoms with Crippen LogP contribution in [-0.4, -0.2) is 0 Å². The van der Waals surface area contributed by atoms with E-state index in [1.807, 2.05) is 54.6 Å². The van der Waals surface area contributed by atoms with Crippen LogP contribution >= 0.6 is 0 Å². The summed E-state index contributed by atoms with van der Waals surface area (Å²) in [5.74, 6) is -0.229. The summed E-state index contributed by atoms with van der Waals surface area (Å²) in [5, 5.41) is 0. The summed E-state index contributed by atoms with van der Waals surface area (Å²) >= 11 is 0. The summed E-state index contributed by atoms with van der Waals surface area (Å²) in [6, 6.07) is 23.1. The second-order valence-electron chi connectivity index (χ2n) is 5.27. The minimum atomic E-state index is -0.229. The third-order valence-electron chi connectivity index (χ3n) is 3.87. The molecule has 0 saturated heterocycles. The van der Waals surface area contributed by atoms with Gasteiger partial charge in [0.15, 0.2) is 0 Å². The van der Waals surface area contributed by atoms with Crippen molar-refractivity contribution in [2.45, 2.75) is 0 Å². The highest BCUT2D eigenvalue weighted by Gasteiger charge is 2.19. The molecule has 0 fully saturated rings. The zero-order valence-corrected chi connectivity index (χ0v) is 11.9. The molecule has 22 heavy (non-hydrogen) atoms. The van der Waals surface area contributed by atoms with Crippen LogP contribution in [-0.2, 0) is 0 Å². The standard InChI is InChI=1S/C20H14FN/c21-17-13-12-16-11-10-15-6-4-5-9-19(15)22(20(16)14-17)18-7-2-1-3-8-18/h1-14H. The monoisotopic (exact) mass is 287 g/mol. The Morgan fingerprint density at radius 3 is 2.14 bits per heavy atom. The van der Waals surface area contributed by atoms with E-state index >= 15 is 0 Å². The van der Waals surface area contributed by atoms with Gasteiger partial charge in [0.25, 0.3) is 0 Å². The van der Waals surface area contributed by atoms with Crippen molar-refractivity contribution in [3.8, 4) is 0 Å². The van der Waals surface area contributed by atoms with Crippen molar-refractivity contribution in [3.63, 3.8) is 0 Å². The van der Waals surface area contributed by atoms with Gasteiger partial charge in [0.1, 0.15) is 5.82 Å². The van der Waals surface area contributed by atoms with Crippen LogP contribution in [0.4, 0.5) is 21.5 Å². The number of para-hydroxylation sites is 2. The highest BCUT2D eigenvalue weighted by molar-refractivity contribution is 5.93. The van der Waals surface area contributed by atoms with Crippen molar-refractivity contribution >= 4 is 29.2 Å². The van der Waals surface area contributed by atoms with Gasteiger partial charge in [-0.25, -0.2) is 4.39 Å². The predicted molar refractivity (Wildman–Crippen MR) is 90.0 cm³/mol. The maximum absolute atomic E-state index is 13.8. The number of benzene rings is 3. The van der Waals surface area contributed by atoms with Gasteiger partial charge in [0, 0.05) is 5.69 Å². The second-order valence-corrected chi connectivity index (χ2v) is 5.27. The number of fused-ring (bicyclic) bond motifs is 2. The first-order valence-corrected chi connectivity index (χ1v) is 7.25. The summed E-state index contributed by atoms with van der Waals surface area (Å²) < 4.78 is 13.8. The number of anilines is 3. The molecule has 1 heterocycles. The lowest BCUT2D eigenvalue weighted by Crippen LogP contribution is -2.11. The highest BCUT2D eigenvalue weighted by atomic mass is 19.1. The third kappa shape index (κ3) is 2.09. The molecule has 0 aromatic heterocycles. The Hall–Kier alpha value is -2.87. The van der Waals surface area contributed by atoms with E-state index in [1.165, 1.54) is 6.07 Å². The topological polar surface area (TPSA) is 3.24 Å². The largest absolute Gasteiger partial charge is 0.309 e. The highest BCUT2D eigenvalue weighted by Crippen LogP contribution is 2.41. The van der Waals surface area contributed by atoms with Crippen molar-refractivity contribution in [2.75, 3.05) is 4.90 Å². The fourth-order valence-electron chi connectivity index (χ4n) is 2.85. The van der Waals surface area contributed by atoms with Crippen molar-refractivity contribution in [3.05, 3.63) is 89.7 Å². The van der Waals surface area contributed by atoms with Gasteiger partial charge < -0.3 is 4.90 Å². The number of hydrogen-bond donors (Lipinski definition) is 0. The van der Waals surface area contributed by atoms with Gasteiger partial charge in [-0.15, -0.1) is 0 Å². The fourth-order valence-corrected chi connectivity index (χ4v) is 2.85. The normalized spacial score (nSPS) is 12.5.